The highest BCUT2D eigenvalue weighted by Gasteiger charge is 2.24. The molecule has 0 aliphatic carbocycles. The molecule has 0 fully saturated rings. The monoisotopic (exact) mass is 282 g/mol. The van der Waals surface area contributed by atoms with Gasteiger partial charge in [-0.25, -0.2) is 0 Å². The molecule has 21 heavy (non-hydrogen) atoms. The van der Waals surface area contributed by atoms with Gasteiger partial charge in [-0.2, -0.15) is 0 Å². The second-order valence-corrected chi connectivity index (χ2v) is 8.58. The smallest absolute Gasteiger partial charge is 0.0126 e. The Bertz CT molecular complexity index is 689. The molecule has 0 N–H and O–H groups in total. The predicted molar refractivity (Wildman–Crippen MR) is 95.6 cm³/mol. The Morgan fingerprint density at radius 1 is 0.571 bits per heavy atom. The van der Waals surface area contributed by atoms with Gasteiger partial charge in [0.1, 0.15) is 0 Å². The summed E-state index contributed by atoms with van der Waals surface area (Å²) in [6, 6.07) is 7.21. The van der Waals surface area contributed by atoms with Crippen LogP contribution in [0.3, 0.4) is 0 Å². The summed E-state index contributed by atoms with van der Waals surface area (Å²) >= 11 is 0. The van der Waals surface area contributed by atoms with Crippen molar-refractivity contribution in [2.75, 3.05) is 0 Å². The minimum Gasteiger partial charge on any atom is -0.0561 e. The van der Waals surface area contributed by atoms with Crippen molar-refractivity contribution < 1.29 is 0 Å². The molecule has 2 aromatic carbocycles. The predicted octanol–water partition coefficient (Wildman–Crippen LogP) is 6.36. The third-order valence-electron chi connectivity index (χ3n) is 4.64. The molecule has 0 heterocycles. The molecule has 2 rings (SSSR count). The maximum Gasteiger partial charge on any atom is -0.0126 e. The van der Waals surface area contributed by atoms with Crippen LogP contribution in [-0.4, -0.2) is 0 Å². The zero-order valence-electron chi connectivity index (χ0n) is 15.2. The molecule has 0 saturated carbocycles. The van der Waals surface area contributed by atoms with Gasteiger partial charge in [0.2, 0.25) is 0 Å². The van der Waals surface area contributed by atoms with Gasteiger partial charge < -0.3 is 0 Å². The van der Waals surface area contributed by atoms with Gasteiger partial charge >= 0.3 is 0 Å². The van der Waals surface area contributed by atoms with Gasteiger partial charge in [-0.1, -0.05) is 59.7 Å². The van der Waals surface area contributed by atoms with Crippen LogP contribution in [0.4, 0.5) is 0 Å². The fourth-order valence-electron chi connectivity index (χ4n) is 3.22. The van der Waals surface area contributed by atoms with Crippen LogP contribution in [0, 0.1) is 20.8 Å². The number of hydrogen-bond donors (Lipinski definition) is 0. The van der Waals surface area contributed by atoms with Crippen molar-refractivity contribution in [3.05, 3.63) is 46.0 Å². The molecule has 0 aromatic heterocycles. The molecule has 0 saturated heterocycles. The van der Waals surface area contributed by atoms with Crippen LogP contribution >= 0.6 is 0 Å². The van der Waals surface area contributed by atoms with Gasteiger partial charge in [0.25, 0.3) is 0 Å². The highest BCUT2D eigenvalue weighted by atomic mass is 14.3. The van der Waals surface area contributed by atoms with Gasteiger partial charge in [0, 0.05) is 0 Å². The molecule has 0 heteroatoms. The second-order valence-electron chi connectivity index (χ2n) is 8.58. The molecule has 0 amide bonds. The second kappa shape index (κ2) is 4.87. The molecule has 0 atom stereocenters. The summed E-state index contributed by atoms with van der Waals surface area (Å²) in [6.45, 7) is 20.6. The van der Waals surface area contributed by atoms with Crippen LogP contribution in [0.15, 0.2) is 18.2 Å². The first-order chi connectivity index (χ1) is 9.43. The first-order valence-corrected chi connectivity index (χ1v) is 7.98. The van der Waals surface area contributed by atoms with Crippen molar-refractivity contribution in [3.63, 3.8) is 0 Å². The fraction of sp³-hybridized carbons (Fsp3) is 0.524. The number of hydrogen-bond acceptors (Lipinski definition) is 0. The Balaban J connectivity index is 3.01. The highest BCUT2D eigenvalue weighted by Crippen LogP contribution is 2.38. The number of aryl methyl sites for hydroxylation is 3. The number of rotatable bonds is 0. The van der Waals surface area contributed by atoms with E-state index >= 15 is 0 Å². The Morgan fingerprint density at radius 2 is 1.00 bits per heavy atom. The summed E-state index contributed by atoms with van der Waals surface area (Å²) in [5.74, 6) is 0. The Hall–Kier alpha value is -1.30. The van der Waals surface area contributed by atoms with Crippen molar-refractivity contribution in [2.45, 2.75) is 73.1 Å². The van der Waals surface area contributed by atoms with E-state index in [1.54, 1.807) is 0 Å². The zero-order valence-corrected chi connectivity index (χ0v) is 15.2. The minimum atomic E-state index is 0.160. The van der Waals surface area contributed by atoms with E-state index in [0.717, 1.165) is 0 Å². The fourth-order valence-corrected chi connectivity index (χ4v) is 3.22. The summed E-state index contributed by atoms with van der Waals surface area (Å²) in [6.07, 6.45) is 0. The summed E-state index contributed by atoms with van der Waals surface area (Å²) in [5.41, 5.74) is 7.49. The van der Waals surface area contributed by atoms with Crippen molar-refractivity contribution in [1.82, 2.24) is 0 Å². The summed E-state index contributed by atoms with van der Waals surface area (Å²) in [5, 5.41) is 2.85. The largest absolute Gasteiger partial charge is 0.0561 e. The SMILES string of the molecule is Cc1cc2c(C(C)(C)C)cc(C(C)(C)C)c(C)c2cc1C. The summed E-state index contributed by atoms with van der Waals surface area (Å²) < 4.78 is 0. The molecule has 0 bridgehead atoms. The molecule has 0 spiro atoms. The molecule has 0 aliphatic rings. The first kappa shape index (κ1) is 16.1. The molecular formula is C21H30. The van der Waals surface area contributed by atoms with E-state index in [4.69, 9.17) is 0 Å². The van der Waals surface area contributed by atoms with Gasteiger partial charge in [-0.05, 0) is 70.2 Å². The van der Waals surface area contributed by atoms with Crippen molar-refractivity contribution >= 4 is 10.8 Å². The van der Waals surface area contributed by atoms with Gasteiger partial charge in [0.15, 0.2) is 0 Å². The lowest BCUT2D eigenvalue weighted by atomic mass is 9.75. The number of benzene rings is 2. The Morgan fingerprint density at radius 3 is 1.43 bits per heavy atom. The van der Waals surface area contributed by atoms with Crippen molar-refractivity contribution in [1.29, 1.82) is 0 Å². The first-order valence-electron chi connectivity index (χ1n) is 7.98. The van der Waals surface area contributed by atoms with Gasteiger partial charge in [-0.3, -0.25) is 0 Å². The van der Waals surface area contributed by atoms with Crippen molar-refractivity contribution in [3.8, 4) is 0 Å². The molecule has 114 valence electrons. The van der Waals surface area contributed by atoms with Gasteiger partial charge in [-0.15, -0.1) is 0 Å². The molecular weight excluding hydrogens is 252 g/mol. The molecule has 0 unspecified atom stereocenters. The van der Waals surface area contributed by atoms with Crippen LogP contribution in [0.25, 0.3) is 10.8 Å². The molecule has 0 aliphatic heterocycles. The van der Waals surface area contributed by atoms with Crippen LogP contribution in [0.5, 0.6) is 0 Å². The van der Waals surface area contributed by atoms with Crippen LogP contribution in [-0.2, 0) is 10.8 Å². The molecule has 0 nitrogen and oxygen atoms in total. The van der Waals surface area contributed by atoms with Crippen LogP contribution < -0.4 is 0 Å². The lowest BCUT2D eigenvalue weighted by molar-refractivity contribution is 0.570. The zero-order chi connectivity index (χ0) is 16.2. The Kier molecular flexibility index (Phi) is 3.72. The maximum atomic E-state index is 2.45. The average Bonchev–Trinajstić information content (AvgIpc) is 2.28. The summed E-state index contributed by atoms with van der Waals surface area (Å²) in [4.78, 5) is 0. The summed E-state index contributed by atoms with van der Waals surface area (Å²) in [7, 11) is 0. The van der Waals surface area contributed by atoms with E-state index in [0.29, 0.717) is 0 Å². The van der Waals surface area contributed by atoms with E-state index in [1.165, 1.54) is 38.6 Å². The van der Waals surface area contributed by atoms with E-state index in [-0.39, 0.29) is 10.8 Å². The molecule has 0 radical (unpaired) electrons. The van der Waals surface area contributed by atoms with E-state index in [1.807, 2.05) is 0 Å². The quantitative estimate of drug-likeness (QED) is 0.527. The lowest BCUT2D eigenvalue weighted by Gasteiger charge is -2.29. The average molecular weight is 282 g/mol. The Labute approximate surface area is 130 Å². The maximum absolute atomic E-state index is 2.45. The third-order valence-corrected chi connectivity index (χ3v) is 4.64. The minimum absolute atomic E-state index is 0.160. The van der Waals surface area contributed by atoms with Gasteiger partial charge in [0.05, 0.1) is 0 Å². The standard InChI is InChI=1S/C21H30/c1-13-10-16-15(3)18(20(4,5)6)12-19(21(7,8)9)17(16)11-14(13)2/h10-12H,1-9H3. The van der Waals surface area contributed by atoms with Crippen LogP contribution in [0.1, 0.15) is 69.4 Å². The lowest BCUT2D eigenvalue weighted by Crippen LogP contribution is -2.18. The highest BCUT2D eigenvalue weighted by molar-refractivity contribution is 5.92. The molecule has 2 aromatic rings. The third kappa shape index (κ3) is 2.86. The number of fused-ring (bicyclic) bond motifs is 1. The van der Waals surface area contributed by atoms with E-state index < -0.39 is 0 Å². The van der Waals surface area contributed by atoms with E-state index in [9.17, 15) is 0 Å². The normalized spacial score (nSPS) is 13.0. The van der Waals surface area contributed by atoms with Crippen molar-refractivity contribution in [2.24, 2.45) is 0 Å². The van der Waals surface area contributed by atoms with Crippen LogP contribution in [0.2, 0.25) is 0 Å². The van der Waals surface area contributed by atoms with E-state index in [2.05, 4.69) is 80.5 Å². The topological polar surface area (TPSA) is 0 Å².